The number of hydrogen-bond donors (Lipinski definition) is 1. The highest BCUT2D eigenvalue weighted by Crippen LogP contribution is 2.28. The van der Waals surface area contributed by atoms with Crippen LogP contribution in [0.5, 0.6) is 0 Å². The number of amides is 2. The van der Waals surface area contributed by atoms with Gasteiger partial charge in [0.25, 0.3) is 15.7 Å². The van der Waals surface area contributed by atoms with Crippen LogP contribution in [-0.4, -0.2) is 49.2 Å². The summed E-state index contributed by atoms with van der Waals surface area (Å²) in [6.45, 7) is 5.38. The average Bonchev–Trinajstić information content (AvgIpc) is 2.96. The molecule has 0 aliphatic heterocycles. The van der Waals surface area contributed by atoms with E-state index in [9.17, 15) is 28.1 Å². The number of anilines is 1. The summed E-state index contributed by atoms with van der Waals surface area (Å²) < 4.78 is 28.5. The Morgan fingerprint density at radius 3 is 2.24 bits per heavy atom. The second-order valence-electron chi connectivity index (χ2n) is 9.81. The molecule has 0 heterocycles. The molecule has 0 fully saturated rings. The zero-order valence-corrected chi connectivity index (χ0v) is 24.6. The highest BCUT2D eigenvalue weighted by molar-refractivity contribution is 7.92. The lowest BCUT2D eigenvalue weighted by atomic mass is 10.1. The maximum atomic E-state index is 14.0. The zero-order valence-electron chi connectivity index (χ0n) is 23.1. The van der Waals surface area contributed by atoms with E-state index in [-0.39, 0.29) is 41.1 Å². The van der Waals surface area contributed by atoms with Crippen LogP contribution in [0.3, 0.4) is 0 Å². The monoisotopic (exact) mass is 600 g/mol. The first-order chi connectivity index (χ1) is 19.4. The number of carbonyl (C=O) groups is 2. The molecule has 41 heavy (non-hydrogen) atoms. The van der Waals surface area contributed by atoms with Crippen molar-refractivity contribution in [1.82, 2.24) is 10.2 Å². The topological polar surface area (TPSA) is 130 Å². The minimum Gasteiger partial charge on any atom is -0.354 e. The molecule has 0 radical (unpaired) electrons. The first-order valence-corrected chi connectivity index (χ1v) is 14.9. The van der Waals surface area contributed by atoms with Gasteiger partial charge in [-0.15, -0.1) is 0 Å². The number of nitro groups is 1. The summed E-state index contributed by atoms with van der Waals surface area (Å²) >= 11 is 6.04. The van der Waals surface area contributed by atoms with E-state index < -0.39 is 33.4 Å². The number of halogens is 1. The van der Waals surface area contributed by atoms with Crippen molar-refractivity contribution in [3.8, 4) is 0 Å². The van der Waals surface area contributed by atoms with Crippen molar-refractivity contribution in [2.24, 2.45) is 5.92 Å². The van der Waals surface area contributed by atoms with E-state index >= 15 is 0 Å². The minimum atomic E-state index is -4.33. The lowest BCUT2D eigenvalue weighted by molar-refractivity contribution is -0.384. The maximum absolute atomic E-state index is 14.0. The third-order valence-electron chi connectivity index (χ3n) is 6.28. The molecule has 0 saturated heterocycles. The van der Waals surface area contributed by atoms with Crippen molar-refractivity contribution in [2.75, 3.05) is 17.4 Å². The molecular weight excluding hydrogens is 568 g/mol. The van der Waals surface area contributed by atoms with Gasteiger partial charge >= 0.3 is 0 Å². The standard InChI is InChI=1S/C29H33ClN4O6S/c1-4-27(29(36)31-18-21(2)3)32(19-22-13-15-23(30)16-14-22)28(35)20-33(24-9-8-10-25(17-24)34(37)38)41(39,40)26-11-6-5-7-12-26/h5-17,21,27H,4,18-20H2,1-3H3,(H,31,36). The number of nitrogens with zero attached hydrogens (tertiary/aromatic N) is 3. The molecule has 218 valence electrons. The van der Waals surface area contributed by atoms with Crippen LogP contribution in [0.4, 0.5) is 11.4 Å². The fraction of sp³-hybridized carbons (Fsp3) is 0.310. The third-order valence-corrected chi connectivity index (χ3v) is 8.32. The number of rotatable bonds is 13. The van der Waals surface area contributed by atoms with Gasteiger partial charge < -0.3 is 10.2 Å². The number of sulfonamides is 1. The van der Waals surface area contributed by atoms with Gasteiger partial charge in [-0.3, -0.25) is 24.0 Å². The Morgan fingerprint density at radius 1 is 1.00 bits per heavy atom. The summed E-state index contributed by atoms with van der Waals surface area (Å²) in [6, 6.07) is 18.4. The van der Waals surface area contributed by atoms with Gasteiger partial charge in [0.1, 0.15) is 12.6 Å². The van der Waals surface area contributed by atoms with Crippen LogP contribution in [0.15, 0.2) is 83.8 Å². The van der Waals surface area contributed by atoms with E-state index in [1.807, 2.05) is 13.8 Å². The van der Waals surface area contributed by atoms with Crippen molar-refractivity contribution in [2.45, 2.75) is 44.7 Å². The quantitative estimate of drug-likeness (QED) is 0.216. The lowest BCUT2D eigenvalue weighted by Crippen LogP contribution is -2.52. The predicted octanol–water partition coefficient (Wildman–Crippen LogP) is 5.02. The molecule has 3 rings (SSSR count). The number of nitrogens with one attached hydrogen (secondary N) is 1. The van der Waals surface area contributed by atoms with Gasteiger partial charge in [0.2, 0.25) is 11.8 Å². The molecule has 0 saturated carbocycles. The van der Waals surface area contributed by atoms with Crippen molar-refractivity contribution < 1.29 is 22.9 Å². The molecule has 0 aromatic heterocycles. The van der Waals surface area contributed by atoms with Gasteiger partial charge in [-0.05, 0) is 48.2 Å². The second-order valence-corrected chi connectivity index (χ2v) is 12.1. The fourth-order valence-electron chi connectivity index (χ4n) is 4.14. The molecule has 0 bridgehead atoms. The molecule has 0 spiro atoms. The van der Waals surface area contributed by atoms with Crippen LogP contribution < -0.4 is 9.62 Å². The smallest absolute Gasteiger partial charge is 0.271 e. The molecule has 10 nitrogen and oxygen atoms in total. The summed E-state index contributed by atoms with van der Waals surface area (Å²) in [5, 5.41) is 14.8. The van der Waals surface area contributed by atoms with E-state index in [1.165, 1.54) is 35.2 Å². The summed E-state index contributed by atoms with van der Waals surface area (Å²) in [7, 11) is -4.33. The number of hydrogen-bond acceptors (Lipinski definition) is 6. The third kappa shape index (κ3) is 8.27. The molecule has 0 aliphatic rings. The van der Waals surface area contributed by atoms with Crippen LogP contribution >= 0.6 is 11.6 Å². The first kappa shape index (κ1) is 31.6. The van der Waals surface area contributed by atoms with Crippen LogP contribution in [0.2, 0.25) is 5.02 Å². The zero-order chi connectivity index (χ0) is 30.2. The van der Waals surface area contributed by atoms with E-state index in [2.05, 4.69) is 5.32 Å². The van der Waals surface area contributed by atoms with Gasteiger partial charge in [0.05, 0.1) is 15.5 Å². The van der Waals surface area contributed by atoms with E-state index in [1.54, 1.807) is 49.4 Å². The molecule has 0 aliphatic carbocycles. The predicted molar refractivity (Wildman–Crippen MR) is 158 cm³/mol. The molecule has 1 N–H and O–H groups in total. The van der Waals surface area contributed by atoms with Gasteiger partial charge in [0.15, 0.2) is 0 Å². The fourth-order valence-corrected chi connectivity index (χ4v) is 5.69. The SMILES string of the molecule is CCC(C(=O)NCC(C)C)N(Cc1ccc(Cl)cc1)C(=O)CN(c1cccc([N+](=O)[O-])c1)S(=O)(=O)c1ccccc1. The number of non-ortho nitro benzene ring substituents is 1. The van der Waals surface area contributed by atoms with E-state index in [0.717, 1.165) is 10.4 Å². The first-order valence-electron chi connectivity index (χ1n) is 13.1. The van der Waals surface area contributed by atoms with Gasteiger partial charge in [-0.25, -0.2) is 8.42 Å². The van der Waals surface area contributed by atoms with Gasteiger partial charge in [-0.1, -0.05) is 68.8 Å². The maximum Gasteiger partial charge on any atom is 0.271 e. The Bertz CT molecular complexity index is 1470. The molecular formula is C29H33ClN4O6S. The van der Waals surface area contributed by atoms with Crippen molar-refractivity contribution in [3.63, 3.8) is 0 Å². The molecule has 2 amide bonds. The molecule has 3 aromatic rings. The average molecular weight is 601 g/mol. The van der Waals surface area contributed by atoms with Crippen LogP contribution in [0, 0.1) is 16.0 Å². The van der Waals surface area contributed by atoms with Crippen molar-refractivity contribution in [1.29, 1.82) is 0 Å². The Labute approximate surface area is 245 Å². The number of nitro benzene ring substituents is 1. The number of benzene rings is 3. The van der Waals surface area contributed by atoms with Gasteiger partial charge in [0, 0.05) is 30.2 Å². The van der Waals surface area contributed by atoms with Crippen LogP contribution in [0.25, 0.3) is 0 Å². The van der Waals surface area contributed by atoms with Crippen molar-refractivity contribution in [3.05, 3.63) is 99.6 Å². The molecule has 1 unspecified atom stereocenters. The summed E-state index contributed by atoms with van der Waals surface area (Å²) in [4.78, 5) is 39.3. The Morgan fingerprint density at radius 2 is 1.66 bits per heavy atom. The summed E-state index contributed by atoms with van der Waals surface area (Å²) in [6.07, 6.45) is 0.269. The van der Waals surface area contributed by atoms with Crippen LogP contribution in [-0.2, 0) is 26.2 Å². The highest BCUT2D eigenvalue weighted by Gasteiger charge is 2.34. The van der Waals surface area contributed by atoms with Crippen molar-refractivity contribution >= 4 is 44.8 Å². The Balaban J connectivity index is 2.07. The van der Waals surface area contributed by atoms with E-state index in [4.69, 9.17) is 11.6 Å². The second kappa shape index (κ2) is 14.1. The molecule has 3 aromatic carbocycles. The molecule has 1 atom stereocenters. The normalized spacial score (nSPS) is 12.0. The minimum absolute atomic E-state index is 0.0117. The highest BCUT2D eigenvalue weighted by atomic mass is 35.5. The molecule has 12 heteroatoms. The van der Waals surface area contributed by atoms with Crippen LogP contribution in [0.1, 0.15) is 32.8 Å². The number of carbonyl (C=O) groups excluding carboxylic acids is 2. The largest absolute Gasteiger partial charge is 0.354 e. The van der Waals surface area contributed by atoms with Gasteiger partial charge in [-0.2, -0.15) is 0 Å². The Kier molecular flexibility index (Phi) is 10.8. The van der Waals surface area contributed by atoms with E-state index in [0.29, 0.717) is 17.1 Å². The lowest BCUT2D eigenvalue weighted by Gasteiger charge is -2.33. The Hall–Kier alpha value is -3.96. The summed E-state index contributed by atoms with van der Waals surface area (Å²) in [5.41, 5.74) is 0.298. The summed E-state index contributed by atoms with van der Waals surface area (Å²) in [5.74, 6) is -0.842.